The summed E-state index contributed by atoms with van der Waals surface area (Å²) in [6.45, 7) is 0. The Morgan fingerprint density at radius 2 is 2.23 bits per heavy atom. The fourth-order valence-corrected chi connectivity index (χ4v) is 0.865. The summed E-state index contributed by atoms with van der Waals surface area (Å²) in [7, 11) is 0. The van der Waals surface area contributed by atoms with Gasteiger partial charge >= 0.3 is 5.97 Å². The van der Waals surface area contributed by atoms with Crippen molar-refractivity contribution in [2.75, 3.05) is 5.73 Å². The van der Waals surface area contributed by atoms with E-state index in [0.717, 1.165) is 0 Å². The van der Waals surface area contributed by atoms with Gasteiger partial charge in [-0.15, -0.1) is 0 Å². The Morgan fingerprint density at radius 3 is 2.77 bits per heavy atom. The first-order valence-corrected chi connectivity index (χ1v) is 3.77. The molecular weight excluding hydrogens is 190 g/mol. The first-order valence-electron chi connectivity index (χ1n) is 3.39. The van der Waals surface area contributed by atoms with Crippen molar-refractivity contribution >= 4 is 23.3 Å². The largest absolute Gasteiger partial charge is 0.472 e. The van der Waals surface area contributed by atoms with Gasteiger partial charge < -0.3 is 10.8 Å². The van der Waals surface area contributed by atoms with Crippen LogP contribution in [0.1, 0.15) is 5.56 Å². The molecular formula is C9H6ClNO2. The number of hydrogen-bond acceptors (Lipinski definition) is 2. The maximum atomic E-state index is 10.1. The van der Waals surface area contributed by atoms with Crippen LogP contribution in [0.4, 0.5) is 5.69 Å². The summed E-state index contributed by atoms with van der Waals surface area (Å²) in [4.78, 5) is 10.1. The molecule has 66 valence electrons. The molecule has 0 fully saturated rings. The molecule has 0 aliphatic heterocycles. The highest BCUT2D eigenvalue weighted by Crippen LogP contribution is 2.18. The van der Waals surface area contributed by atoms with Crippen LogP contribution in [-0.2, 0) is 4.79 Å². The minimum atomic E-state index is -1.17. The Labute approximate surface area is 80.1 Å². The monoisotopic (exact) mass is 195 g/mol. The summed E-state index contributed by atoms with van der Waals surface area (Å²) in [6, 6.07) is 4.70. The molecule has 0 aliphatic carbocycles. The number of hydrogen-bond donors (Lipinski definition) is 2. The Bertz CT molecular complexity index is 404. The lowest BCUT2D eigenvalue weighted by Crippen LogP contribution is -1.89. The molecule has 4 heteroatoms. The Morgan fingerprint density at radius 1 is 1.54 bits per heavy atom. The van der Waals surface area contributed by atoms with E-state index in [0.29, 0.717) is 16.3 Å². The third kappa shape index (κ3) is 2.69. The number of benzene rings is 1. The third-order valence-corrected chi connectivity index (χ3v) is 1.65. The summed E-state index contributed by atoms with van der Waals surface area (Å²) in [5.74, 6) is 3.23. The van der Waals surface area contributed by atoms with Crippen LogP contribution in [0.5, 0.6) is 0 Å². The standard InChI is InChI=1S/C9H6ClNO2/c10-7-3-1-6(5-8(7)11)2-4-9(12)13/h1,3,5H,11H2,(H,12,13). The Balaban J connectivity index is 3.00. The van der Waals surface area contributed by atoms with Crippen LogP contribution >= 0.6 is 11.6 Å². The van der Waals surface area contributed by atoms with Crippen LogP contribution in [0, 0.1) is 11.8 Å². The summed E-state index contributed by atoms with van der Waals surface area (Å²) < 4.78 is 0. The predicted octanol–water partition coefficient (Wildman–Crippen LogP) is 1.36. The summed E-state index contributed by atoms with van der Waals surface area (Å²) >= 11 is 5.65. The second-order valence-electron chi connectivity index (χ2n) is 2.29. The van der Waals surface area contributed by atoms with Crippen LogP contribution in [0.2, 0.25) is 5.02 Å². The van der Waals surface area contributed by atoms with Crippen molar-refractivity contribution in [3.8, 4) is 11.8 Å². The molecule has 3 nitrogen and oxygen atoms in total. The van der Waals surface area contributed by atoms with Crippen LogP contribution in [0.25, 0.3) is 0 Å². The highest BCUT2D eigenvalue weighted by atomic mass is 35.5. The molecule has 0 aromatic heterocycles. The van der Waals surface area contributed by atoms with Gasteiger partial charge in [0.05, 0.1) is 10.7 Å². The maximum Gasteiger partial charge on any atom is 0.382 e. The van der Waals surface area contributed by atoms with Gasteiger partial charge in [-0.05, 0) is 18.2 Å². The van der Waals surface area contributed by atoms with Crippen LogP contribution < -0.4 is 5.73 Å². The predicted molar refractivity (Wildman–Crippen MR) is 50.4 cm³/mol. The molecule has 0 spiro atoms. The van der Waals surface area contributed by atoms with E-state index in [4.69, 9.17) is 22.4 Å². The number of anilines is 1. The topological polar surface area (TPSA) is 63.3 Å². The molecule has 0 atom stereocenters. The molecule has 0 aliphatic rings. The normalized spacial score (nSPS) is 8.69. The first kappa shape index (κ1) is 9.43. The van der Waals surface area contributed by atoms with E-state index in [1.807, 2.05) is 5.92 Å². The number of rotatable bonds is 0. The van der Waals surface area contributed by atoms with E-state index in [1.165, 1.54) is 6.07 Å². The van der Waals surface area contributed by atoms with E-state index in [9.17, 15) is 4.79 Å². The van der Waals surface area contributed by atoms with Gasteiger partial charge in [0, 0.05) is 11.5 Å². The van der Waals surface area contributed by atoms with Gasteiger partial charge in [-0.25, -0.2) is 4.79 Å². The number of carboxylic acid groups (broad SMARTS) is 1. The minimum Gasteiger partial charge on any atom is -0.472 e. The van der Waals surface area contributed by atoms with E-state index in [2.05, 4.69) is 5.92 Å². The molecule has 1 aromatic rings. The highest BCUT2D eigenvalue weighted by molar-refractivity contribution is 6.33. The van der Waals surface area contributed by atoms with E-state index in [1.54, 1.807) is 12.1 Å². The molecule has 0 heterocycles. The second-order valence-corrected chi connectivity index (χ2v) is 2.70. The lowest BCUT2D eigenvalue weighted by molar-refractivity contribution is -0.130. The number of aliphatic carboxylic acids is 1. The van der Waals surface area contributed by atoms with Crippen LogP contribution in [-0.4, -0.2) is 11.1 Å². The van der Waals surface area contributed by atoms with Crippen molar-refractivity contribution in [2.45, 2.75) is 0 Å². The van der Waals surface area contributed by atoms with Gasteiger partial charge in [0.15, 0.2) is 0 Å². The van der Waals surface area contributed by atoms with Crippen molar-refractivity contribution in [3.05, 3.63) is 28.8 Å². The number of carbonyl (C=O) groups is 1. The zero-order valence-electron chi connectivity index (χ0n) is 6.54. The van der Waals surface area contributed by atoms with Crippen molar-refractivity contribution in [1.29, 1.82) is 0 Å². The zero-order valence-corrected chi connectivity index (χ0v) is 7.30. The van der Waals surface area contributed by atoms with Gasteiger partial charge in [0.2, 0.25) is 0 Å². The third-order valence-electron chi connectivity index (χ3n) is 1.31. The average Bonchev–Trinajstić information content (AvgIpc) is 2.07. The Hall–Kier alpha value is -1.66. The molecule has 0 bridgehead atoms. The fourth-order valence-electron chi connectivity index (χ4n) is 0.747. The summed E-state index contributed by atoms with van der Waals surface area (Å²) in [5, 5.41) is 8.70. The molecule has 0 radical (unpaired) electrons. The lowest BCUT2D eigenvalue weighted by atomic mass is 10.2. The van der Waals surface area contributed by atoms with E-state index >= 15 is 0 Å². The smallest absolute Gasteiger partial charge is 0.382 e. The molecule has 1 rings (SSSR count). The molecule has 0 amide bonds. The molecule has 0 saturated heterocycles. The Kier molecular flexibility index (Phi) is 2.78. The van der Waals surface area contributed by atoms with Crippen molar-refractivity contribution in [3.63, 3.8) is 0 Å². The van der Waals surface area contributed by atoms with E-state index in [-0.39, 0.29) is 0 Å². The lowest BCUT2D eigenvalue weighted by Gasteiger charge is -1.96. The summed E-state index contributed by atoms with van der Waals surface area (Å²) in [6.07, 6.45) is 0. The van der Waals surface area contributed by atoms with Gasteiger partial charge in [0.25, 0.3) is 0 Å². The van der Waals surface area contributed by atoms with Gasteiger partial charge in [0.1, 0.15) is 0 Å². The van der Waals surface area contributed by atoms with E-state index < -0.39 is 5.97 Å². The van der Waals surface area contributed by atoms with Gasteiger partial charge in [-0.1, -0.05) is 17.5 Å². The van der Waals surface area contributed by atoms with Crippen molar-refractivity contribution in [2.24, 2.45) is 0 Å². The van der Waals surface area contributed by atoms with Crippen LogP contribution in [0.3, 0.4) is 0 Å². The maximum absolute atomic E-state index is 10.1. The summed E-state index contributed by atoms with van der Waals surface area (Å²) in [5.41, 5.74) is 6.40. The SMILES string of the molecule is Nc1cc(C#CC(=O)O)ccc1Cl. The van der Waals surface area contributed by atoms with Gasteiger partial charge in [-0.2, -0.15) is 0 Å². The van der Waals surface area contributed by atoms with Crippen molar-refractivity contribution in [1.82, 2.24) is 0 Å². The molecule has 3 N–H and O–H groups in total. The molecule has 0 saturated carbocycles. The molecule has 13 heavy (non-hydrogen) atoms. The fraction of sp³-hybridized carbons (Fsp3) is 0. The first-order chi connectivity index (χ1) is 6.09. The van der Waals surface area contributed by atoms with Crippen molar-refractivity contribution < 1.29 is 9.90 Å². The average molecular weight is 196 g/mol. The number of nitrogens with two attached hydrogens (primary N) is 1. The molecule has 1 aromatic carbocycles. The number of nitrogen functional groups attached to an aromatic ring is 1. The van der Waals surface area contributed by atoms with Gasteiger partial charge in [-0.3, -0.25) is 0 Å². The second kappa shape index (κ2) is 3.83. The number of carboxylic acids is 1. The molecule has 0 unspecified atom stereocenters. The quantitative estimate of drug-likeness (QED) is 0.485. The van der Waals surface area contributed by atoms with Crippen LogP contribution in [0.15, 0.2) is 18.2 Å². The highest BCUT2D eigenvalue weighted by Gasteiger charge is 1.95. The minimum absolute atomic E-state index is 0.388. The zero-order chi connectivity index (χ0) is 9.84. The number of halogens is 1.